The van der Waals surface area contributed by atoms with E-state index in [-0.39, 0.29) is 0 Å². The molecule has 34 heavy (non-hydrogen) atoms. The second-order valence-corrected chi connectivity index (χ2v) is 8.95. The summed E-state index contributed by atoms with van der Waals surface area (Å²) in [5, 5.41) is 14.6. The number of primary amides is 1. The third-order valence-electron chi connectivity index (χ3n) is 4.67. The Morgan fingerprint density at radius 3 is 2.44 bits per heavy atom. The Hall–Kier alpha value is -3.61. The van der Waals surface area contributed by atoms with Crippen LogP contribution in [0.2, 0.25) is 0 Å². The number of alkyl carbamates (subject to hydrolysis) is 1. The standard InChI is InChI=1S/C24H35N5O5/c1-6-7-12-27-21(31)20(17-10-8-9-16(2)14-17)29(13-11-25)22(32)18(15-19(26)30)28-23(33)34-24(3,4)5/h8-10,14,18,20H,6-7,12-13,15H2,1-5H3,(H2,26,30)(H,27,31)(H,28,33). The molecule has 1 aromatic rings. The maximum atomic E-state index is 13.5. The third kappa shape index (κ3) is 9.48. The van der Waals surface area contributed by atoms with E-state index in [0.29, 0.717) is 12.1 Å². The number of carbonyl (C=O) groups is 4. The van der Waals surface area contributed by atoms with Gasteiger partial charge in [0.25, 0.3) is 0 Å². The topological polar surface area (TPSA) is 155 Å². The predicted molar refractivity (Wildman–Crippen MR) is 126 cm³/mol. The van der Waals surface area contributed by atoms with Gasteiger partial charge in [-0.2, -0.15) is 5.26 Å². The molecule has 2 unspecified atom stereocenters. The molecule has 10 heteroatoms. The predicted octanol–water partition coefficient (Wildman–Crippen LogP) is 2.07. The number of unbranched alkanes of at least 4 members (excludes halogenated alkanes) is 1. The second-order valence-electron chi connectivity index (χ2n) is 8.95. The molecule has 0 saturated heterocycles. The van der Waals surface area contributed by atoms with E-state index in [4.69, 9.17) is 10.5 Å². The minimum Gasteiger partial charge on any atom is -0.444 e. The molecule has 0 fully saturated rings. The van der Waals surface area contributed by atoms with Crippen LogP contribution in [0.1, 0.15) is 64.1 Å². The Labute approximate surface area is 200 Å². The van der Waals surface area contributed by atoms with Gasteiger partial charge in [0.2, 0.25) is 17.7 Å². The molecule has 0 saturated carbocycles. The molecule has 0 spiro atoms. The quantitative estimate of drug-likeness (QED) is 0.330. The number of nitriles is 1. The van der Waals surface area contributed by atoms with Gasteiger partial charge in [0.1, 0.15) is 24.2 Å². The van der Waals surface area contributed by atoms with Crippen LogP contribution in [0.25, 0.3) is 0 Å². The summed E-state index contributed by atoms with van der Waals surface area (Å²) in [7, 11) is 0. The van der Waals surface area contributed by atoms with Gasteiger partial charge in [0.15, 0.2) is 0 Å². The van der Waals surface area contributed by atoms with Crippen molar-refractivity contribution in [1.29, 1.82) is 5.26 Å². The van der Waals surface area contributed by atoms with Crippen LogP contribution < -0.4 is 16.4 Å². The van der Waals surface area contributed by atoms with Crippen LogP contribution in [-0.4, -0.2) is 53.4 Å². The Kier molecular flexibility index (Phi) is 11.0. The molecule has 0 bridgehead atoms. The number of nitrogens with zero attached hydrogens (tertiary/aromatic N) is 2. The molecule has 4 N–H and O–H groups in total. The van der Waals surface area contributed by atoms with Crippen LogP contribution in [0.5, 0.6) is 0 Å². The van der Waals surface area contributed by atoms with Gasteiger partial charge in [-0.25, -0.2) is 4.79 Å². The second kappa shape index (κ2) is 13.2. The largest absolute Gasteiger partial charge is 0.444 e. The van der Waals surface area contributed by atoms with Crippen molar-refractivity contribution in [3.05, 3.63) is 35.4 Å². The average Bonchev–Trinajstić information content (AvgIpc) is 2.71. The molecule has 2 atom stereocenters. The number of hydrogen-bond acceptors (Lipinski definition) is 6. The Bertz CT molecular complexity index is 919. The van der Waals surface area contributed by atoms with Gasteiger partial charge in [0, 0.05) is 6.54 Å². The monoisotopic (exact) mass is 473 g/mol. The van der Waals surface area contributed by atoms with E-state index < -0.39 is 54.5 Å². The lowest BCUT2D eigenvalue weighted by molar-refractivity contribution is -0.142. The van der Waals surface area contributed by atoms with E-state index in [1.165, 1.54) is 0 Å². The number of nitrogens with two attached hydrogens (primary N) is 1. The number of aryl methyl sites for hydroxylation is 1. The SMILES string of the molecule is CCCCNC(=O)C(c1cccc(C)c1)N(CC#N)C(=O)C(CC(N)=O)NC(=O)OC(C)(C)C. The summed E-state index contributed by atoms with van der Waals surface area (Å²) in [5.41, 5.74) is 5.81. The van der Waals surface area contributed by atoms with Crippen molar-refractivity contribution >= 4 is 23.8 Å². The average molecular weight is 474 g/mol. The van der Waals surface area contributed by atoms with E-state index >= 15 is 0 Å². The minimum atomic E-state index is -1.42. The number of ether oxygens (including phenoxy) is 1. The fraction of sp³-hybridized carbons (Fsp3) is 0.542. The van der Waals surface area contributed by atoms with E-state index in [9.17, 15) is 24.4 Å². The summed E-state index contributed by atoms with van der Waals surface area (Å²) in [6.45, 7) is 8.70. The highest BCUT2D eigenvalue weighted by molar-refractivity contribution is 5.94. The van der Waals surface area contributed by atoms with E-state index in [1.807, 2.05) is 26.0 Å². The van der Waals surface area contributed by atoms with Crippen molar-refractivity contribution in [2.45, 2.75) is 71.6 Å². The molecule has 1 rings (SSSR count). The van der Waals surface area contributed by atoms with Crippen LogP contribution in [0.15, 0.2) is 24.3 Å². The van der Waals surface area contributed by atoms with Gasteiger partial charge in [-0.15, -0.1) is 0 Å². The van der Waals surface area contributed by atoms with Crippen molar-refractivity contribution in [3.63, 3.8) is 0 Å². The van der Waals surface area contributed by atoms with Crippen molar-refractivity contribution < 1.29 is 23.9 Å². The number of rotatable bonds is 11. The van der Waals surface area contributed by atoms with Crippen molar-refractivity contribution in [2.24, 2.45) is 5.73 Å². The summed E-state index contributed by atoms with van der Waals surface area (Å²) in [6.07, 6.45) is 0.140. The summed E-state index contributed by atoms with van der Waals surface area (Å²) in [4.78, 5) is 51.7. The van der Waals surface area contributed by atoms with Crippen molar-refractivity contribution in [2.75, 3.05) is 13.1 Å². The highest BCUT2D eigenvalue weighted by Gasteiger charge is 2.36. The van der Waals surface area contributed by atoms with Crippen LogP contribution in [0, 0.1) is 18.3 Å². The molecule has 0 radical (unpaired) electrons. The number of benzene rings is 1. The Morgan fingerprint density at radius 1 is 1.24 bits per heavy atom. The van der Waals surface area contributed by atoms with Gasteiger partial charge >= 0.3 is 6.09 Å². The van der Waals surface area contributed by atoms with Crippen LogP contribution in [0.3, 0.4) is 0 Å². The first-order chi connectivity index (χ1) is 15.9. The zero-order valence-electron chi connectivity index (χ0n) is 20.5. The van der Waals surface area contributed by atoms with Gasteiger partial charge in [-0.1, -0.05) is 43.2 Å². The molecule has 10 nitrogen and oxygen atoms in total. The summed E-state index contributed by atoms with van der Waals surface area (Å²) in [5.74, 6) is -2.12. The Morgan fingerprint density at radius 2 is 1.91 bits per heavy atom. The number of nitrogens with one attached hydrogen (secondary N) is 2. The molecule has 186 valence electrons. The summed E-state index contributed by atoms with van der Waals surface area (Å²) in [6, 6.07) is 6.33. The van der Waals surface area contributed by atoms with Gasteiger partial charge < -0.3 is 26.0 Å². The number of hydrogen-bond donors (Lipinski definition) is 3. The van der Waals surface area contributed by atoms with Crippen LogP contribution in [0.4, 0.5) is 4.79 Å². The molecule has 1 aromatic carbocycles. The fourth-order valence-corrected chi connectivity index (χ4v) is 3.22. The van der Waals surface area contributed by atoms with Crippen molar-refractivity contribution in [3.8, 4) is 6.07 Å². The molecule has 0 aromatic heterocycles. The molecule has 0 aliphatic carbocycles. The van der Waals surface area contributed by atoms with E-state index in [2.05, 4.69) is 10.6 Å². The maximum absolute atomic E-state index is 13.5. The van der Waals surface area contributed by atoms with E-state index in [1.54, 1.807) is 39.0 Å². The highest BCUT2D eigenvalue weighted by atomic mass is 16.6. The molecule has 4 amide bonds. The first kappa shape index (κ1) is 28.4. The fourth-order valence-electron chi connectivity index (χ4n) is 3.22. The maximum Gasteiger partial charge on any atom is 0.408 e. The normalized spacial score (nSPS) is 12.6. The van der Waals surface area contributed by atoms with Gasteiger partial charge in [-0.05, 0) is 39.7 Å². The minimum absolute atomic E-state index is 0.396. The molecular weight excluding hydrogens is 438 g/mol. The smallest absolute Gasteiger partial charge is 0.408 e. The third-order valence-corrected chi connectivity index (χ3v) is 4.67. The lowest BCUT2D eigenvalue weighted by Crippen LogP contribution is -2.54. The van der Waals surface area contributed by atoms with Gasteiger partial charge in [-0.3, -0.25) is 14.4 Å². The highest BCUT2D eigenvalue weighted by Crippen LogP contribution is 2.24. The van der Waals surface area contributed by atoms with Crippen LogP contribution in [-0.2, 0) is 19.1 Å². The molecule has 0 aliphatic heterocycles. The summed E-state index contributed by atoms with van der Waals surface area (Å²) < 4.78 is 5.20. The zero-order chi connectivity index (χ0) is 25.9. The van der Waals surface area contributed by atoms with Crippen molar-refractivity contribution in [1.82, 2.24) is 15.5 Å². The Balaban J connectivity index is 3.39. The summed E-state index contributed by atoms with van der Waals surface area (Å²) >= 11 is 0. The number of amides is 4. The lowest BCUT2D eigenvalue weighted by Gasteiger charge is -2.32. The van der Waals surface area contributed by atoms with E-state index in [0.717, 1.165) is 23.3 Å². The number of carbonyl (C=O) groups excluding carboxylic acids is 4. The zero-order valence-corrected chi connectivity index (χ0v) is 20.5. The van der Waals surface area contributed by atoms with Gasteiger partial charge in [0.05, 0.1) is 12.5 Å². The first-order valence-electron chi connectivity index (χ1n) is 11.2. The first-order valence-corrected chi connectivity index (χ1v) is 11.2. The lowest BCUT2D eigenvalue weighted by atomic mass is 10.0. The molecular formula is C24H35N5O5. The van der Waals surface area contributed by atoms with Crippen LogP contribution >= 0.6 is 0 Å². The molecule has 0 heterocycles. The molecule has 0 aliphatic rings.